The molecule has 0 spiro atoms. The Morgan fingerprint density at radius 1 is 0.826 bits per heavy atom. The molecule has 120 valence electrons. The molecule has 0 aliphatic heterocycles. The first-order chi connectivity index (χ1) is 11.0. The van der Waals surface area contributed by atoms with Gasteiger partial charge in [0.1, 0.15) is 0 Å². The third kappa shape index (κ3) is 3.58. The lowest BCUT2D eigenvalue weighted by Gasteiger charge is -2.26. The van der Waals surface area contributed by atoms with E-state index >= 15 is 0 Å². The average Bonchev–Trinajstić information content (AvgIpc) is 2.79. The Labute approximate surface area is 141 Å². The van der Waals surface area contributed by atoms with E-state index in [1.807, 2.05) is 0 Å². The van der Waals surface area contributed by atoms with Gasteiger partial charge in [0, 0.05) is 0 Å². The van der Waals surface area contributed by atoms with Crippen LogP contribution < -0.4 is 0 Å². The highest BCUT2D eigenvalue weighted by atomic mass is 14.2. The summed E-state index contributed by atoms with van der Waals surface area (Å²) in [4.78, 5) is 0. The summed E-state index contributed by atoms with van der Waals surface area (Å²) in [6.45, 7) is 9.12. The van der Waals surface area contributed by atoms with Crippen molar-refractivity contribution in [1.82, 2.24) is 0 Å². The highest BCUT2D eigenvalue weighted by Gasteiger charge is 2.19. The van der Waals surface area contributed by atoms with Gasteiger partial charge in [0.15, 0.2) is 0 Å². The molecule has 1 aromatic carbocycles. The molecule has 3 rings (SSSR count). The van der Waals surface area contributed by atoms with Crippen LogP contribution in [0.4, 0.5) is 0 Å². The van der Waals surface area contributed by atoms with Gasteiger partial charge in [-0.2, -0.15) is 0 Å². The molecule has 2 aliphatic rings. The molecule has 0 aromatic heterocycles. The minimum atomic E-state index is 0.791. The molecule has 0 heterocycles. The van der Waals surface area contributed by atoms with Crippen molar-refractivity contribution in [1.29, 1.82) is 0 Å². The molecule has 0 unspecified atom stereocenters. The Morgan fingerprint density at radius 2 is 1.57 bits per heavy atom. The summed E-state index contributed by atoms with van der Waals surface area (Å²) < 4.78 is 0. The van der Waals surface area contributed by atoms with Crippen molar-refractivity contribution in [3.63, 3.8) is 0 Å². The van der Waals surface area contributed by atoms with E-state index in [1.165, 1.54) is 40.7 Å². The van der Waals surface area contributed by atoms with Gasteiger partial charge >= 0.3 is 0 Å². The van der Waals surface area contributed by atoms with Gasteiger partial charge in [-0.25, -0.2) is 0 Å². The summed E-state index contributed by atoms with van der Waals surface area (Å²) in [5.41, 5.74) is 8.38. The predicted molar refractivity (Wildman–Crippen MR) is 101 cm³/mol. The fourth-order valence-corrected chi connectivity index (χ4v) is 3.43. The molecule has 0 nitrogen and oxygen atoms in total. The van der Waals surface area contributed by atoms with Crippen LogP contribution in [0.15, 0.2) is 59.7 Å². The maximum Gasteiger partial charge on any atom is -0.0151 e. The van der Waals surface area contributed by atoms with E-state index in [-0.39, 0.29) is 0 Å². The molecular weight excluding hydrogens is 276 g/mol. The molecule has 0 amide bonds. The van der Waals surface area contributed by atoms with Crippen molar-refractivity contribution in [3.8, 4) is 0 Å². The van der Waals surface area contributed by atoms with Crippen molar-refractivity contribution in [2.75, 3.05) is 0 Å². The SMILES string of the molecule is Cc1ccc(C2=CCC=C(C3=CC[C@H](C)[C@H](C)C3)C=C2)cc1C. The van der Waals surface area contributed by atoms with Crippen LogP contribution in [0.2, 0.25) is 0 Å². The lowest BCUT2D eigenvalue weighted by atomic mass is 9.79. The fourth-order valence-electron chi connectivity index (χ4n) is 3.43. The van der Waals surface area contributed by atoms with Gasteiger partial charge in [-0.15, -0.1) is 0 Å². The summed E-state index contributed by atoms with van der Waals surface area (Å²) in [7, 11) is 0. The molecule has 0 radical (unpaired) electrons. The predicted octanol–water partition coefficient (Wildman–Crippen LogP) is 6.57. The van der Waals surface area contributed by atoms with Crippen molar-refractivity contribution >= 4 is 5.57 Å². The van der Waals surface area contributed by atoms with Crippen molar-refractivity contribution in [2.24, 2.45) is 11.8 Å². The molecule has 0 heteroatoms. The lowest BCUT2D eigenvalue weighted by Crippen LogP contribution is -2.13. The zero-order chi connectivity index (χ0) is 16.4. The van der Waals surface area contributed by atoms with Gasteiger partial charge < -0.3 is 0 Å². The highest BCUT2D eigenvalue weighted by molar-refractivity contribution is 5.76. The van der Waals surface area contributed by atoms with Crippen LogP contribution in [0.5, 0.6) is 0 Å². The first-order valence-corrected chi connectivity index (χ1v) is 8.90. The summed E-state index contributed by atoms with van der Waals surface area (Å²) in [5, 5.41) is 0. The largest absolute Gasteiger partial charge is 0.0804 e. The topological polar surface area (TPSA) is 0 Å². The zero-order valence-corrected chi connectivity index (χ0v) is 14.9. The lowest BCUT2D eigenvalue weighted by molar-refractivity contribution is 0.372. The Bertz CT molecular complexity index is 710. The average molecular weight is 304 g/mol. The Kier molecular flexibility index (Phi) is 4.71. The van der Waals surface area contributed by atoms with E-state index in [9.17, 15) is 0 Å². The fraction of sp³-hybridized carbons (Fsp3) is 0.391. The first-order valence-electron chi connectivity index (χ1n) is 8.90. The second kappa shape index (κ2) is 6.74. The van der Waals surface area contributed by atoms with Gasteiger partial charge in [0.05, 0.1) is 0 Å². The Balaban J connectivity index is 1.80. The van der Waals surface area contributed by atoms with Crippen LogP contribution in [0.1, 0.15) is 49.8 Å². The van der Waals surface area contributed by atoms with Crippen LogP contribution in [0.25, 0.3) is 5.57 Å². The third-order valence-electron chi connectivity index (χ3n) is 5.58. The molecule has 23 heavy (non-hydrogen) atoms. The van der Waals surface area contributed by atoms with Gasteiger partial charge in [-0.3, -0.25) is 0 Å². The van der Waals surface area contributed by atoms with Crippen LogP contribution in [-0.2, 0) is 0 Å². The Morgan fingerprint density at radius 3 is 2.30 bits per heavy atom. The highest BCUT2D eigenvalue weighted by Crippen LogP contribution is 2.34. The smallest absolute Gasteiger partial charge is 0.0151 e. The van der Waals surface area contributed by atoms with E-state index in [2.05, 4.69) is 76.3 Å². The summed E-state index contributed by atoms with van der Waals surface area (Å²) in [5.74, 6) is 1.61. The molecular formula is C23H28. The van der Waals surface area contributed by atoms with Crippen molar-refractivity contribution in [2.45, 2.75) is 47.0 Å². The normalized spacial score (nSPS) is 24.6. The second-order valence-electron chi connectivity index (χ2n) is 7.31. The number of hydrogen-bond acceptors (Lipinski definition) is 0. The van der Waals surface area contributed by atoms with Crippen LogP contribution >= 0.6 is 0 Å². The third-order valence-corrected chi connectivity index (χ3v) is 5.58. The second-order valence-corrected chi connectivity index (χ2v) is 7.31. The van der Waals surface area contributed by atoms with Gasteiger partial charge in [0.2, 0.25) is 0 Å². The van der Waals surface area contributed by atoms with Crippen molar-refractivity contribution < 1.29 is 0 Å². The molecule has 0 fully saturated rings. The number of allylic oxidation sites excluding steroid dienone is 8. The molecule has 0 saturated carbocycles. The molecule has 0 bridgehead atoms. The molecule has 1 aromatic rings. The molecule has 0 saturated heterocycles. The molecule has 0 N–H and O–H groups in total. The van der Waals surface area contributed by atoms with Gasteiger partial charge in [-0.1, -0.05) is 62.4 Å². The minimum Gasteiger partial charge on any atom is -0.0804 e. The van der Waals surface area contributed by atoms with Crippen LogP contribution in [0, 0.1) is 25.7 Å². The Hall–Kier alpha value is -1.82. The first kappa shape index (κ1) is 16.1. The number of hydrogen-bond donors (Lipinski definition) is 0. The maximum atomic E-state index is 2.46. The van der Waals surface area contributed by atoms with Crippen LogP contribution in [-0.4, -0.2) is 0 Å². The van der Waals surface area contributed by atoms with E-state index < -0.39 is 0 Å². The van der Waals surface area contributed by atoms with E-state index in [0.717, 1.165) is 18.3 Å². The maximum absolute atomic E-state index is 2.46. The van der Waals surface area contributed by atoms with Crippen molar-refractivity contribution in [3.05, 3.63) is 76.4 Å². The monoisotopic (exact) mass is 304 g/mol. The molecule has 2 aliphatic carbocycles. The van der Waals surface area contributed by atoms with E-state index in [0.29, 0.717) is 0 Å². The van der Waals surface area contributed by atoms with E-state index in [1.54, 1.807) is 5.57 Å². The summed E-state index contributed by atoms with van der Waals surface area (Å²) in [6, 6.07) is 6.78. The van der Waals surface area contributed by atoms with E-state index in [4.69, 9.17) is 0 Å². The standard InChI is InChI=1S/C23H28/c1-16-8-10-22(14-18(16)3)20-6-5-7-21(13-12-20)23-11-9-17(2)19(4)15-23/h6-8,10-14,17,19H,5,9,15H2,1-4H3/t17-,19+/m0/s1. The quantitative estimate of drug-likeness (QED) is 0.580. The minimum absolute atomic E-state index is 0.791. The number of aryl methyl sites for hydroxylation is 2. The van der Waals surface area contributed by atoms with Crippen LogP contribution in [0.3, 0.4) is 0 Å². The zero-order valence-electron chi connectivity index (χ0n) is 14.9. The number of rotatable bonds is 2. The summed E-state index contributed by atoms with van der Waals surface area (Å²) >= 11 is 0. The van der Waals surface area contributed by atoms with Gasteiger partial charge in [-0.05, 0) is 78.4 Å². The summed E-state index contributed by atoms with van der Waals surface area (Å²) in [6.07, 6.45) is 15.3. The van der Waals surface area contributed by atoms with Gasteiger partial charge in [0.25, 0.3) is 0 Å². The molecule has 2 atom stereocenters. The number of benzene rings is 1.